The molecule has 6 nitrogen and oxygen atoms in total. The average molecular weight is 435 g/mol. The van der Waals surface area contributed by atoms with Gasteiger partial charge in [0.2, 0.25) is 5.91 Å². The molecular weight excluding hydrogens is 408 g/mol. The number of carbonyl (C=O) groups excluding carboxylic acids is 2. The Kier molecular flexibility index (Phi) is 5.68. The number of rotatable bonds is 5. The lowest BCUT2D eigenvalue weighted by atomic mass is 9.89. The number of benzene rings is 1. The fourth-order valence-corrected chi connectivity index (χ4v) is 5.43. The second-order valence-electron chi connectivity index (χ2n) is 8.31. The van der Waals surface area contributed by atoms with Crippen molar-refractivity contribution in [3.8, 4) is 0 Å². The van der Waals surface area contributed by atoms with Crippen LogP contribution in [0.2, 0.25) is 0 Å². The van der Waals surface area contributed by atoms with Gasteiger partial charge in [-0.1, -0.05) is 23.5 Å². The van der Waals surface area contributed by atoms with Crippen molar-refractivity contribution in [3.63, 3.8) is 0 Å². The number of piperazine rings is 1. The summed E-state index contributed by atoms with van der Waals surface area (Å²) in [5.74, 6) is 0.138. The molecule has 3 aromatic rings. The molecule has 0 N–H and O–H groups in total. The Labute approximate surface area is 185 Å². The van der Waals surface area contributed by atoms with E-state index in [2.05, 4.69) is 20.9 Å². The number of anilines is 1. The van der Waals surface area contributed by atoms with Gasteiger partial charge >= 0.3 is 0 Å². The number of ketones is 1. The van der Waals surface area contributed by atoms with Crippen molar-refractivity contribution in [1.29, 1.82) is 0 Å². The molecule has 5 rings (SSSR count). The van der Waals surface area contributed by atoms with Crippen molar-refractivity contribution in [3.05, 3.63) is 53.2 Å². The monoisotopic (exact) mass is 434 g/mol. The molecule has 0 radical (unpaired) electrons. The van der Waals surface area contributed by atoms with Crippen molar-refractivity contribution in [1.82, 2.24) is 14.9 Å². The number of hydrogen-bond acceptors (Lipinski definition) is 6. The van der Waals surface area contributed by atoms with Crippen LogP contribution in [0.1, 0.15) is 47.2 Å². The van der Waals surface area contributed by atoms with E-state index in [0.717, 1.165) is 47.0 Å². The van der Waals surface area contributed by atoms with Gasteiger partial charge in [-0.3, -0.25) is 9.59 Å². The molecule has 0 spiro atoms. The van der Waals surface area contributed by atoms with Crippen LogP contribution in [0.15, 0.2) is 36.5 Å². The number of carbonyl (C=O) groups is 2. The van der Waals surface area contributed by atoms with Gasteiger partial charge in [-0.05, 0) is 55.0 Å². The van der Waals surface area contributed by atoms with Gasteiger partial charge in [0.25, 0.3) is 0 Å². The highest BCUT2D eigenvalue weighted by atomic mass is 32.1. The standard InChI is InChI=1S/C24H26N4O2S/c29-21(19-8-7-17-4-1-2-5-18(17)16-19)9-10-22(30)27-12-14-28(15-13-27)24-26-20-6-3-11-25-23(20)31-24/h3,6-8,11,16H,1-2,4-5,9-10,12-15H2. The maximum Gasteiger partial charge on any atom is 0.223 e. The minimum Gasteiger partial charge on any atom is -0.344 e. The summed E-state index contributed by atoms with van der Waals surface area (Å²) in [4.78, 5) is 39.4. The van der Waals surface area contributed by atoms with E-state index in [-0.39, 0.29) is 24.5 Å². The Morgan fingerprint density at radius 3 is 2.58 bits per heavy atom. The summed E-state index contributed by atoms with van der Waals surface area (Å²) in [5.41, 5.74) is 4.36. The minimum atomic E-state index is 0.0666. The lowest BCUT2D eigenvalue weighted by Gasteiger charge is -2.34. The normalized spacial score (nSPS) is 16.4. The van der Waals surface area contributed by atoms with Crippen molar-refractivity contribution in [2.45, 2.75) is 38.5 Å². The van der Waals surface area contributed by atoms with E-state index in [1.54, 1.807) is 17.5 Å². The maximum atomic E-state index is 12.7. The van der Waals surface area contributed by atoms with Crippen LogP contribution >= 0.6 is 11.3 Å². The van der Waals surface area contributed by atoms with Crippen LogP contribution in [0.3, 0.4) is 0 Å². The quantitative estimate of drug-likeness (QED) is 0.570. The van der Waals surface area contributed by atoms with Gasteiger partial charge in [0.15, 0.2) is 10.9 Å². The van der Waals surface area contributed by atoms with Crippen molar-refractivity contribution in [2.75, 3.05) is 31.1 Å². The fraction of sp³-hybridized carbons (Fsp3) is 0.417. The first-order chi connectivity index (χ1) is 15.2. The highest BCUT2D eigenvalue weighted by Gasteiger charge is 2.24. The van der Waals surface area contributed by atoms with Gasteiger partial charge in [-0.15, -0.1) is 0 Å². The third kappa shape index (κ3) is 4.32. The molecule has 0 unspecified atom stereocenters. The Hall–Kier alpha value is -2.80. The van der Waals surface area contributed by atoms with Crippen LogP contribution in [0, 0.1) is 0 Å². The van der Waals surface area contributed by atoms with E-state index >= 15 is 0 Å². The summed E-state index contributed by atoms with van der Waals surface area (Å²) >= 11 is 1.59. The second-order valence-corrected chi connectivity index (χ2v) is 9.26. The SMILES string of the molecule is O=C(CCC(=O)N1CCN(c2nc3cccnc3s2)CC1)c1ccc2c(c1)CCCC2. The Morgan fingerprint density at radius 1 is 0.968 bits per heavy atom. The van der Waals surface area contributed by atoms with Gasteiger partial charge in [-0.2, -0.15) is 0 Å². The van der Waals surface area contributed by atoms with Crippen molar-refractivity contribution < 1.29 is 9.59 Å². The molecule has 31 heavy (non-hydrogen) atoms. The third-order valence-electron chi connectivity index (χ3n) is 6.29. The first-order valence-corrected chi connectivity index (χ1v) is 11.9. The highest BCUT2D eigenvalue weighted by molar-refractivity contribution is 7.21. The van der Waals surface area contributed by atoms with Crippen molar-refractivity contribution >= 4 is 38.5 Å². The molecule has 2 aliphatic rings. The summed E-state index contributed by atoms with van der Waals surface area (Å²) in [6, 6.07) is 9.95. The zero-order valence-corrected chi connectivity index (χ0v) is 18.4. The van der Waals surface area contributed by atoms with Gasteiger partial charge < -0.3 is 9.80 Å². The van der Waals surface area contributed by atoms with Crippen LogP contribution in [-0.4, -0.2) is 52.7 Å². The summed E-state index contributed by atoms with van der Waals surface area (Å²) in [6.45, 7) is 2.83. The Balaban J connectivity index is 1.13. The second kappa shape index (κ2) is 8.75. The van der Waals surface area contributed by atoms with Crippen LogP contribution in [0.5, 0.6) is 0 Å². The van der Waals surface area contributed by atoms with E-state index in [0.29, 0.717) is 13.1 Å². The number of hydrogen-bond donors (Lipinski definition) is 0. The number of amides is 1. The molecule has 1 aliphatic carbocycles. The van der Waals surface area contributed by atoms with Gasteiger partial charge in [0, 0.05) is 50.8 Å². The Morgan fingerprint density at radius 2 is 1.77 bits per heavy atom. The van der Waals surface area contributed by atoms with E-state index in [1.165, 1.54) is 24.0 Å². The van der Waals surface area contributed by atoms with E-state index < -0.39 is 0 Å². The molecule has 3 heterocycles. The minimum absolute atomic E-state index is 0.0666. The molecule has 2 aromatic heterocycles. The lowest BCUT2D eigenvalue weighted by molar-refractivity contribution is -0.131. The molecular formula is C24H26N4O2S. The number of fused-ring (bicyclic) bond motifs is 2. The highest BCUT2D eigenvalue weighted by Crippen LogP contribution is 2.28. The summed E-state index contributed by atoms with van der Waals surface area (Å²) < 4.78 is 0. The van der Waals surface area contributed by atoms with Crippen LogP contribution in [0.25, 0.3) is 10.3 Å². The Bertz CT molecular complexity index is 1080. The molecule has 0 atom stereocenters. The molecule has 0 bridgehead atoms. The number of pyridine rings is 1. The van der Waals surface area contributed by atoms with Gasteiger partial charge in [0.05, 0.1) is 0 Å². The molecule has 7 heteroatoms. The first-order valence-electron chi connectivity index (χ1n) is 11.1. The smallest absolute Gasteiger partial charge is 0.223 e. The lowest BCUT2D eigenvalue weighted by Crippen LogP contribution is -2.48. The van der Waals surface area contributed by atoms with E-state index in [1.807, 2.05) is 29.2 Å². The average Bonchev–Trinajstić information content (AvgIpc) is 3.26. The number of nitrogens with zero attached hydrogens (tertiary/aromatic N) is 4. The summed E-state index contributed by atoms with van der Waals surface area (Å²) in [6.07, 6.45) is 6.95. The molecule has 160 valence electrons. The predicted molar refractivity (Wildman–Crippen MR) is 123 cm³/mol. The van der Waals surface area contributed by atoms with Crippen molar-refractivity contribution in [2.24, 2.45) is 0 Å². The largest absolute Gasteiger partial charge is 0.344 e. The molecule has 1 saturated heterocycles. The molecule has 1 aromatic carbocycles. The van der Waals surface area contributed by atoms with Gasteiger partial charge in [-0.25, -0.2) is 9.97 Å². The number of aromatic nitrogens is 2. The molecule has 1 aliphatic heterocycles. The maximum absolute atomic E-state index is 12.7. The number of Topliss-reactive ketones (excluding diaryl/α,β-unsaturated/α-hetero) is 1. The van der Waals surface area contributed by atoms with E-state index in [4.69, 9.17) is 0 Å². The zero-order valence-electron chi connectivity index (χ0n) is 17.5. The first kappa shape index (κ1) is 20.1. The molecule has 1 amide bonds. The number of aryl methyl sites for hydroxylation is 2. The molecule has 0 saturated carbocycles. The van der Waals surface area contributed by atoms with Crippen LogP contribution in [-0.2, 0) is 17.6 Å². The third-order valence-corrected chi connectivity index (χ3v) is 7.33. The zero-order chi connectivity index (χ0) is 21.2. The van der Waals surface area contributed by atoms with E-state index in [9.17, 15) is 9.59 Å². The summed E-state index contributed by atoms with van der Waals surface area (Å²) in [5, 5.41) is 0.961. The topological polar surface area (TPSA) is 66.4 Å². The molecule has 1 fully saturated rings. The number of thiazole rings is 1. The predicted octanol–water partition coefficient (Wildman–Crippen LogP) is 3.88. The summed E-state index contributed by atoms with van der Waals surface area (Å²) in [7, 11) is 0. The van der Waals surface area contributed by atoms with Crippen LogP contribution in [0.4, 0.5) is 5.13 Å². The van der Waals surface area contributed by atoms with Gasteiger partial charge in [0.1, 0.15) is 10.3 Å². The van der Waals surface area contributed by atoms with Crippen LogP contribution < -0.4 is 4.90 Å². The fourth-order valence-electron chi connectivity index (χ4n) is 4.47.